The van der Waals surface area contributed by atoms with Crippen molar-refractivity contribution >= 4 is 23.4 Å². The van der Waals surface area contributed by atoms with Crippen LogP contribution in [-0.4, -0.2) is 48.7 Å². The zero-order valence-corrected chi connectivity index (χ0v) is 14.7. The van der Waals surface area contributed by atoms with Crippen molar-refractivity contribution in [2.24, 2.45) is 0 Å². The van der Waals surface area contributed by atoms with Gasteiger partial charge in [-0.25, -0.2) is 4.79 Å². The number of amides is 1. The first kappa shape index (κ1) is 17.5. The Balaban J connectivity index is 1.90. The van der Waals surface area contributed by atoms with Gasteiger partial charge < -0.3 is 14.5 Å². The van der Waals surface area contributed by atoms with Gasteiger partial charge in [-0.2, -0.15) is 0 Å². The first-order chi connectivity index (χ1) is 10.9. The first-order valence-corrected chi connectivity index (χ1v) is 8.30. The number of benzene rings is 1. The van der Waals surface area contributed by atoms with Gasteiger partial charge in [-0.3, -0.25) is 0 Å². The minimum Gasteiger partial charge on any atom is -0.444 e. The number of anilines is 1. The molecule has 1 saturated heterocycles. The van der Waals surface area contributed by atoms with Crippen molar-refractivity contribution in [3.05, 3.63) is 29.8 Å². The number of alkyl halides is 1. The summed E-state index contributed by atoms with van der Waals surface area (Å²) in [5.41, 5.74) is 1.65. The molecule has 4 nitrogen and oxygen atoms in total. The standard InChI is InChI=1S/C18H23ClN2O2/c1-18(2,3)23-17(22)21-13-11-20(12-14-21)16-8-6-15(7-9-16)5-4-10-19/h6-9H,10-14H2,1-3H3. The van der Waals surface area contributed by atoms with Crippen LogP contribution in [0.3, 0.4) is 0 Å². The molecule has 0 N–H and O–H groups in total. The number of carbonyl (C=O) groups excluding carboxylic acids is 1. The summed E-state index contributed by atoms with van der Waals surface area (Å²) in [6, 6.07) is 8.10. The molecule has 1 fully saturated rings. The van der Waals surface area contributed by atoms with Crippen LogP contribution in [0.5, 0.6) is 0 Å². The van der Waals surface area contributed by atoms with E-state index in [1.54, 1.807) is 4.90 Å². The highest BCUT2D eigenvalue weighted by molar-refractivity contribution is 6.19. The third-order valence-corrected chi connectivity index (χ3v) is 3.60. The van der Waals surface area contributed by atoms with Crippen LogP contribution in [0.25, 0.3) is 0 Å². The van der Waals surface area contributed by atoms with Crippen molar-refractivity contribution in [1.29, 1.82) is 0 Å². The van der Waals surface area contributed by atoms with Crippen LogP contribution < -0.4 is 4.90 Å². The van der Waals surface area contributed by atoms with Crippen molar-refractivity contribution in [2.45, 2.75) is 26.4 Å². The minimum absolute atomic E-state index is 0.233. The Morgan fingerprint density at radius 2 is 1.78 bits per heavy atom. The van der Waals surface area contributed by atoms with Crippen LogP contribution in [-0.2, 0) is 4.74 Å². The molecule has 5 heteroatoms. The molecule has 0 bridgehead atoms. The zero-order chi connectivity index (χ0) is 16.9. The maximum atomic E-state index is 12.1. The second-order valence-corrected chi connectivity index (χ2v) is 6.70. The summed E-state index contributed by atoms with van der Waals surface area (Å²) in [4.78, 5) is 16.1. The van der Waals surface area contributed by atoms with E-state index in [0.29, 0.717) is 19.0 Å². The predicted octanol–water partition coefficient (Wildman–Crippen LogP) is 3.33. The molecule has 0 spiro atoms. The van der Waals surface area contributed by atoms with E-state index in [2.05, 4.69) is 28.9 Å². The highest BCUT2D eigenvalue weighted by Crippen LogP contribution is 2.18. The number of nitrogens with zero attached hydrogens (tertiary/aromatic N) is 2. The van der Waals surface area contributed by atoms with Gasteiger partial charge in [0.15, 0.2) is 0 Å². The average Bonchev–Trinajstić information content (AvgIpc) is 2.52. The Hall–Kier alpha value is -1.86. The predicted molar refractivity (Wildman–Crippen MR) is 94.1 cm³/mol. The van der Waals surface area contributed by atoms with E-state index in [4.69, 9.17) is 16.3 Å². The molecule has 23 heavy (non-hydrogen) atoms. The molecule has 1 heterocycles. The Bertz CT molecular complexity index is 588. The summed E-state index contributed by atoms with van der Waals surface area (Å²) in [6.07, 6.45) is -0.233. The third-order valence-electron chi connectivity index (χ3n) is 3.46. The molecule has 0 radical (unpaired) electrons. The quantitative estimate of drug-likeness (QED) is 0.583. The molecule has 1 aliphatic rings. The summed E-state index contributed by atoms with van der Waals surface area (Å²) in [5, 5.41) is 0. The Kier molecular flexibility index (Phi) is 5.79. The van der Waals surface area contributed by atoms with Crippen molar-refractivity contribution in [3.8, 4) is 11.8 Å². The second-order valence-electron chi connectivity index (χ2n) is 6.44. The molecule has 0 aromatic heterocycles. The lowest BCUT2D eigenvalue weighted by molar-refractivity contribution is 0.0240. The molecule has 0 atom stereocenters. The SMILES string of the molecule is CC(C)(C)OC(=O)N1CCN(c2ccc(C#CCCl)cc2)CC1. The number of carbonyl (C=O) groups is 1. The molecule has 2 rings (SSSR count). The number of halogens is 1. The highest BCUT2D eigenvalue weighted by atomic mass is 35.5. The van der Waals surface area contributed by atoms with Gasteiger partial charge in [0, 0.05) is 37.4 Å². The average molecular weight is 335 g/mol. The van der Waals surface area contributed by atoms with E-state index >= 15 is 0 Å². The summed E-state index contributed by atoms with van der Waals surface area (Å²) < 4.78 is 5.41. The molecule has 1 aromatic carbocycles. The fraction of sp³-hybridized carbons (Fsp3) is 0.500. The maximum Gasteiger partial charge on any atom is 0.410 e. The van der Waals surface area contributed by atoms with Crippen LogP contribution >= 0.6 is 11.6 Å². The molecule has 0 aliphatic carbocycles. The number of hydrogen-bond acceptors (Lipinski definition) is 3. The molecule has 0 unspecified atom stereocenters. The monoisotopic (exact) mass is 334 g/mol. The van der Waals surface area contributed by atoms with Crippen molar-refractivity contribution in [2.75, 3.05) is 37.0 Å². The van der Waals surface area contributed by atoms with Crippen LogP contribution in [0, 0.1) is 11.8 Å². The zero-order valence-electron chi connectivity index (χ0n) is 13.9. The molecule has 1 aromatic rings. The molecule has 0 saturated carbocycles. The molecule has 1 aliphatic heterocycles. The molecule has 1 amide bonds. The van der Waals surface area contributed by atoms with Crippen LogP contribution in [0.4, 0.5) is 10.5 Å². The maximum absolute atomic E-state index is 12.1. The van der Waals surface area contributed by atoms with E-state index in [1.165, 1.54) is 0 Å². The Morgan fingerprint density at radius 1 is 1.17 bits per heavy atom. The summed E-state index contributed by atoms with van der Waals surface area (Å²) in [6.45, 7) is 8.59. The van der Waals surface area contributed by atoms with E-state index in [0.717, 1.165) is 24.3 Å². The Labute approximate surface area is 143 Å². The molecular weight excluding hydrogens is 312 g/mol. The van der Waals surface area contributed by atoms with Gasteiger partial charge in [0.1, 0.15) is 5.60 Å². The van der Waals surface area contributed by atoms with Crippen LogP contribution in [0.2, 0.25) is 0 Å². The van der Waals surface area contributed by atoms with Crippen molar-refractivity contribution in [1.82, 2.24) is 4.90 Å². The van der Waals surface area contributed by atoms with Crippen molar-refractivity contribution < 1.29 is 9.53 Å². The summed E-state index contributed by atoms with van der Waals surface area (Å²) in [7, 11) is 0. The van der Waals surface area contributed by atoms with E-state index in [-0.39, 0.29) is 6.09 Å². The van der Waals surface area contributed by atoms with Gasteiger partial charge in [0.05, 0.1) is 5.88 Å². The van der Waals surface area contributed by atoms with Gasteiger partial charge >= 0.3 is 6.09 Å². The largest absolute Gasteiger partial charge is 0.444 e. The van der Waals surface area contributed by atoms with Crippen LogP contribution in [0.15, 0.2) is 24.3 Å². The van der Waals surface area contributed by atoms with Gasteiger partial charge in [0.25, 0.3) is 0 Å². The first-order valence-electron chi connectivity index (χ1n) is 7.77. The lowest BCUT2D eigenvalue weighted by atomic mass is 10.2. The fourth-order valence-corrected chi connectivity index (χ4v) is 2.43. The summed E-state index contributed by atoms with van der Waals surface area (Å²) >= 11 is 5.56. The van der Waals surface area contributed by atoms with Gasteiger partial charge in [-0.05, 0) is 45.0 Å². The normalized spacial score (nSPS) is 15.0. The third kappa shape index (κ3) is 5.37. The Morgan fingerprint density at radius 3 is 2.30 bits per heavy atom. The van der Waals surface area contributed by atoms with Gasteiger partial charge in [-0.15, -0.1) is 11.6 Å². The van der Waals surface area contributed by atoms with Crippen LogP contribution in [0.1, 0.15) is 26.3 Å². The van der Waals surface area contributed by atoms with Gasteiger partial charge in [0.2, 0.25) is 0 Å². The smallest absolute Gasteiger partial charge is 0.410 e. The van der Waals surface area contributed by atoms with Gasteiger partial charge in [-0.1, -0.05) is 11.8 Å². The highest BCUT2D eigenvalue weighted by Gasteiger charge is 2.25. The van der Waals surface area contributed by atoms with E-state index < -0.39 is 5.60 Å². The van der Waals surface area contributed by atoms with Crippen molar-refractivity contribution in [3.63, 3.8) is 0 Å². The van der Waals surface area contributed by atoms with E-state index in [1.807, 2.05) is 32.9 Å². The lowest BCUT2D eigenvalue weighted by Gasteiger charge is -2.36. The number of piperazine rings is 1. The second kappa shape index (κ2) is 7.61. The van der Waals surface area contributed by atoms with E-state index in [9.17, 15) is 4.79 Å². The number of rotatable bonds is 1. The summed E-state index contributed by atoms with van der Waals surface area (Å²) in [5.74, 6) is 6.18. The topological polar surface area (TPSA) is 32.8 Å². The fourth-order valence-electron chi connectivity index (χ4n) is 2.36. The number of ether oxygens (including phenoxy) is 1. The number of hydrogen-bond donors (Lipinski definition) is 0. The lowest BCUT2D eigenvalue weighted by Crippen LogP contribution is -2.50. The molecular formula is C18H23ClN2O2. The molecule has 124 valence electrons. The minimum atomic E-state index is -0.450.